The van der Waals surface area contributed by atoms with Gasteiger partial charge >= 0.3 is 6.18 Å². The summed E-state index contributed by atoms with van der Waals surface area (Å²) in [4.78, 5) is 13.0. The number of rotatable bonds is 8. The molecule has 0 saturated carbocycles. The first-order chi connectivity index (χ1) is 17.1. The van der Waals surface area contributed by atoms with Gasteiger partial charge in [-0.2, -0.15) is 13.2 Å². The van der Waals surface area contributed by atoms with E-state index in [-0.39, 0.29) is 34.3 Å². The number of methoxy groups -OCH3 is 1. The SMILES string of the molecule is CCCS(=O)(=O)c1ccc(Nc2cc(COC)nc3nc(-c4ncccc4C(F)(F)F)ccc23)cc1. The number of hydrogen-bond acceptors (Lipinski definition) is 7. The van der Waals surface area contributed by atoms with E-state index < -0.39 is 21.6 Å². The summed E-state index contributed by atoms with van der Waals surface area (Å²) in [7, 11) is -1.84. The summed E-state index contributed by atoms with van der Waals surface area (Å²) in [6.07, 6.45) is -2.79. The zero-order valence-corrected chi connectivity index (χ0v) is 20.3. The van der Waals surface area contributed by atoms with Gasteiger partial charge in [0.2, 0.25) is 0 Å². The van der Waals surface area contributed by atoms with Crippen LogP contribution >= 0.6 is 0 Å². The number of hydrogen-bond donors (Lipinski definition) is 1. The maximum Gasteiger partial charge on any atom is 0.418 e. The highest BCUT2D eigenvalue weighted by molar-refractivity contribution is 7.91. The smallest absolute Gasteiger partial charge is 0.378 e. The maximum absolute atomic E-state index is 13.5. The molecule has 0 aliphatic rings. The van der Waals surface area contributed by atoms with Gasteiger partial charge in [0.25, 0.3) is 0 Å². The van der Waals surface area contributed by atoms with Crippen molar-refractivity contribution in [3.8, 4) is 11.4 Å². The minimum atomic E-state index is -4.59. The van der Waals surface area contributed by atoms with Crippen LogP contribution in [0.4, 0.5) is 24.5 Å². The van der Waals surface area contributed by atoms with Crippen molar-refractivity contribution < 1.29 is 26.3 Å². The Morgan fingerprint density at radius 1 is 1.03 bits per heavy atom. The Morgan fingerprint density at radius 3 is 2.44 bits per heavy atom. The Bertz CT molecular complexity index is 1490. The molecule has 0 amide bonds. The van der Waals surface area contributed by atoms with Crippen molar-refractivity contribution in [2.75, 3.05) is 18.2 Å². The van der Waals surface area contributed by atoms with Gasteiger partial charge in [-0.15, -0.1) is 0 Å². The van der Waals surface area contributed by atoms with Crippen LogP contribution in [-0.2, 0) is 27.4 Å². The molecule has 11 heteroatoms. The average molecular weight is 517 g/mol. The number of nitrogens with zero attached hydrogens (tertiary/aromatic N) is 3. The van der Waals surface area contributed by atoms with E-state index in [1.54, 1.807) is 31.2 Å². The summed E-state index contributed by atoms with van der Waals surface area (Å²) in [5.41, 5.74) is 0.795. The molecule has 0 radical (unpaired) electrons. The molecule has 7 nitrogen and oxygen atoms in total. The van der Waals surface area contributed by atoms with Gasteiger partial charge in [-0.25, -0.2) is 18.4 Å². The molecule has 1 aromatic carbocycles. The van der Waals surface area contributed by atoms with E-state index in [9.17, 15) is 21.6 Å². The van der Waals surface area contributed by atoms with Crippen LogP contribution in [0.15, 0.2) is 65.7 Å². The molecule has 1 N–H and O–H groups in total. The van der Waals surface area contributed by atoms with E-state index in [0.29, 0.717) is 28.9 Å². The molecule has 4 aromatic rings. The Hall–Kier alpha value is -3.57. The molecular formula is C25H23F3N4O3S. The van der Waals surface area contributed by atoms with Gasteiger partial charge in [0.1, 0.15) is 5.69 Å². The van der Waals surface area contributed by atoms with Crippen molar-refractivity contribution in [2.24, 2.45) is 0 Å². The zero-order chi connectivity index (χ0) is 25.9. The van der Waals surface area contributed by atoms with Gasteiger partial charge in [-0.05, 0) is 61.0 Å². The molecule has 0 unspecified atom stereocenters. The molecule has 3 heterocycles. The molecule has 0 fully saturated rings. The molecule has 0 aliphatic carbocycles. The molecule has 36 heavy (non-hydrogen) atoms. The van der Waals surface area contributed by atoms with Gasteiger partial charge in [0.05, 0.1) is 39.9 Å². The van der Waals surface area contributed by atoms with Gasteiger partial charge < -0.3 is 10.1 Å². The number of nitrogens with one attached hydrogen (secondary N) is 1. The molecule has 0 spiro atoms. The number of fused-ring (bicyclic) bond motifs is 1. The van der Waals surface area contributed by atoms with E-state index in [1.807, 2.05) is 0 Å². The summed E-state index contributed by atoms with van der Waals surface area (Å²) in [5, 5.41) is 3.79. The second kappa shape index (κ2) is 10.2. The predicted octanol–water partition coefficient (Wildman–Crippen LogP) is 5.78. The number of alkyl halides is 3. The molecule has 0 aliphatic heterocycles. The lowest BCUT2D eigenvalue weighted by Gasteiger charge is -2.14. The highest BCUT2D eigenvalue weighted by Crippen LogP contribution is 2.36. The van der Waals surface area contributed by atoms with Crippen molar-refractivity contribution >= 4 is 32.2 Å². The van der Waals surface area contributed by atoms with Crippen LogP contribution < -0.4 is 5.32 Å². The van der Waals surface area contributed by atoms with E-state index in [0.717, 1.165) is 6.07 Å². The fraction of sp³-hybridized carbons (Fsp3) is 0.240. The van der Waals surface area contributed by atoms with E-state index in [4.69, 9.17) is 4.74 Å². The van der Waals surface area contributed by atoms with Crippen LogP contribution in [0, 0.1) is 0 Å². The normalized spacial score (nSPS) is 12.1. The maximum atomic E-state index is 13.5. The third-order valence-corrected chi connectivity index (χ3v) is 7.28. The predicted molar refractivity (Wildman–Crippen MR) is 131 cm³/mol. The van der Waals surface area contributed by atoms with Gasteiger partial charge in [0, 0.05) is 24.4 Å². The number of pyridine rings is 3. The van der Waals surface area contributed by atoms with Gasteiger partial charge in [-0.3, -0.25) is 4.98 Å². The number of aromatic nitrogens is 3. The van der Waals surface area contributed by atoms with Crippen molar-refractivity contribution in [1.29, 1.82) is 0 Å². The summed E-state index contributed by atoms with van der Waals surface area (Å²) >= 11 is 0. The lowest BCUT2D eigenvalue weighted by atomic mass is 10.1. The van der Waals surface area contributed by atoms with Crippen LogP contribution in [-0.4, -0.2) is 36.2 Å². The standard InChI is InChI=1S/C25H23F3N4O3S/c1-3-13-36(33,34)18-8-6-16(7-9-18)30-22-14-17(15-35-2)31-24-19(22)10-11-21(32-24)23-20(25(26,27)28)5-4-12-29-23/h4-12,14H,3,13,15H2,1-2H3,(H,30,31,32). The van der Waals surface area contributed by atoms with Gasteiger partial charge in [-0.1, -0.05) is 6.92 Å². The van der Waals surface area contributed by atoms with Crippen LogP contribution in [0.1, 0.15) is 24.6 Å². The van der Waals surface area contributed by atoms with Crippen LogP contribution in [0.2, 0.25) is 0 Å². The Morgan fingerprint density at radius 2 is 1.78 bits per heavy atom. The third kappa shape index (κ3) is 5.47. The summed E-state index contributed by atoms with van der Waals surface area (Å²) in [6, 6.07) is 13.4. The molecule has 0 atom stereocenters. The second-order valence-corrected chi connectivity index (χ2v) is 10.1. The molecule has 0 saturated heterocycles. The summed E-state index contributed by atoms with van der Waals surface area (Å²) in [5.74, 6) is 0.0650. The highest BCUT2D eigenvalue weighted by atomic mass is 32.2. The number of ether oxygens (including phenoxy) is 1. The summed E-state index contributed by atoms with van der Waals surface area (Å²) < 4.78 is 70.3. The zero-order valence-electron chi connectivity index (χ0n) is 19.5. The van der Waals surface area contributed by atoms with Crippen LogP contribution in [0.25, 0.3) is 22.4 Å². The number of anilines is 2. The molecule has 3 aromatic heterocycles. The minimum Gasteiger partial charge on any atom is -0.378 e. The monoisotopic (exact) mass is 516 g/mol. The fourth-order valence-corrected chi connectivity index (χ4v) is 5.06. The van der Waals surface area contributed by atoms with Crippen LogP contribution in [0.3, 0.4) is 0 Å². The van der Waals surface area contributed by atoms with Gasteiger partial charge in [0.15, 0.2) is 15.5 Å². The lowest BCUT2D eigenvalue weighted by molar-refractivity contribution is -0.137. The second-order valence-electron chi connectivity index (χ2n) is 8.03. The highest BCUT2D eigenvalue weighted by Gasteiger charge is 2.34. The largest absolute Gasteiger partial charge is 0.418 e. The topological polar surface area (TPSA) is 94.1 Å². The average Bonchev–Trinajstić information content (AvgIpc) is 2.84. The molecule has 0 bridgehead atoms. The Kier molecular flexibility index (Phi) is 7.23. The van der Waals surface area contributed by atoms with Crippen molar-refractivity contribution in [3.05, 3.63) is 72.1 Å². The van der Waals surface area contributed by atoms with Crippen LogP contribution in [0.5, 0.6) is 0 Å². The van der Waals surface area contributed by atoms with E-state index in [1.165, 1.54) is 37.6 Å². The third-order valence-electron chi connectivity index (χ3n) is 5.34. The summed E-state index contributed by atoms with van der Waals surface area (Å²) in [6.45, 7) is 1.96. The number of benzene rings is 1. The molecular weight excluding hydrogens is 493 g/mol. The minimum absolute atomic E-state index is 0.0360. The first-order valence-electron chi connectivity index (χ1n) is 11.0. The van der Waals surface area contributed by atoms with E-state index in [2.05, 4.69) is 20.3 Å². The Balaban J connectivity index is 1.76. The number of halogens is 3. The first kappa shape index (κ1) is 25.5. The fourth-order valence-electron chi connectivity index (χ4n) is 3.74. The van der Waals surface area contributed by atoms with Crippen molar-refractivity contribution in [3.63, 3.8) is 0 Å². The molecule has 4 rings (SSSR count). The Labute approximate surface area is 206 Å². The number of sulfone groups is 1. The lowest BCUT2D eigenvalue weighted by Crippen LogP contribution is -2.09. The first-order valence-corrected chi connectivity index (χ1v) is 12.7. The van der Waals surface area contributed by atoms with Crippen molar-refractivity contribution in [1.82, 2.24) is 15.0 Å². The molecule has 188 valence electrons. The van der Waals surface area contributed by atoms with E-state index >= 15 is 0 Å². The van der Waals surface area contributed by atoms with Crippen molar-refractivity contribution in [2.45, 2.75) is 31.0 Å². The quantitative estimate of drug-likeness (QED) is 0.317.